The minimum absolute atomic E-state index is 0.0238. The van der Waals surface area contributed by atoms with Crippen molar-refractivity contribution < 1.29 is 18.7 Å². The Kier molecular flexibility index (Phi) is 5.94. The second-order valence-electron chi connectivity index (χ2n) is 7.01. The van der Waals surface area contributed by atoms with Gasteiger partial charge in [-0.05, 0) is 44.2 Å². The van der Waals surface area contributed by atoms with Crippen LogP contribution in [0.2, 0.25) is 0 Å². The van der Waals surface area contributed by atoms with Crippen LogP contribution in [0.25, 0.3) is 0 Å². The molecular formula is C21H24FN3O3. The maximum Gasteiger partial charge on any atom is 0.255 e. The summed E-state index contributed by atoms with van der Waals surface area (Å²) in [6.07, 6.45) is 0.176. The molecule has 7 heteroatoms. The van der Waals surface area contributed by atoms with Crippen molar-refractivity contribution in [2.24, 2.45) is 0 Å². The molecule has 0 bridgehead atoms. The Labute approximate surface area is 163 Å². The average molecular weight is 385 g/mol. The third kappa shape index (κ3) is 4.67. The van der Waals surface area contributed by atoms with E-state index in [-0.39, 0.29) is 29.4 Å². The summed E-state index contributed by atoms with van der Waals surface area (Å²) in [7, 11) is 0. The van der Waals surface area contributed by atoms with Crippen LogP contribution in [-0.4, -0.2) is 37.1 Å². The second kappa shape index (κ2) is 8.39. The molecule has 1 saturated heterocycles. The van der Waals surface area contributed by atoms with Gasteiger partial charge >= 0.3 is 0 Å². The summed E-state index contributed by atoms with van der Waals surface area (Å²) in [6.45, 7) is 6.77. The monoisotopic (exact) mass is 385 g/mol. The molecule has 3 rings (SSSR count). The van der Waals surface area contributed by atoms with Crippen LogP contribution in [-0.2, 0) is 9.53 Å². The van der Waals surface area contributed by atoms with Gasteiger partial charge in [0.15, 0.2) is 0 Å². The van der Waals surface area contributed by atoms with Gasteiger partial charge in [-0.15, -0.1) is 0 Å². The molecule has 1 aliphatic heterocycles. The number of amides is 2. The highest BCUT2D eigenvalue weighted by atomic mass is 19.1. The van der Waals surface area contributed by atoms with Crippen molar-refractivity contribution in [3.05, 3.63) is 53.8 Å². The fraction of sp³-hybridized carbons (Fsp3) is 0.333. The number of rotatable bonds is 4. The van der Waals surface area contributed by atoms with Gasteiger partial charge < -0.3 is 20.3 Å². The molecular weight excluding hydrogens is 361 g/mol. The van der Waals surface area contributed by atoms with E-state index < -0.39 is 11.7 Å². The SMILES string of the molecule is CC(=O)Nc1cc(C(=O)Nc2ccccc2N2C[C@H](C)O[C@@H](C)C2)ccc1F. The van der Waals surface area contributed by atoms with E-state index in [0.717, 1.165) is 24.8 Å². The zero-order valence-electron chi connectivity index (χ0n) is 16.2. The van der Waals surface area contributed by atoms with Gasteiger partial charge in [-0.1, -0.05) is 12.1 Å². The van der Waals surface area contributed by atoms with Crippen molar-refractivity contribution >= 4 is 28.9 Å². The van der Waals surface area contributed by atoms with Gasteiger partial charge in [0.1, 0.15) is 5.82 Å². The molecule has 1 fully saturated rings. The van der Waals surface area contributed by atoms with E-state index in [0.29, 0.717) is 5.69 Å². The minimum atomic E-state index is -0.594. The van der Waals surface area contributed by atoms with Crippen molar-refractivity contribution in [1.29, 1.82) is 0 Å². The Morgan fingerprint density at radius 3 is 2.39 bits per heavy atom. The number of nitrogens with zero attached hydrogens (tertiary/aromatic N) is 1. The molecule has 1 aliphatic rings. The second-order valence-corrected chi connectivity index (χ2v) is 7.01. The van der Waals surface area contributed by atoms with Crippen LogP contribution >= 0.6 is 0 Å². The molecule has 0 spiro atoms. The van der Waals surface area contributed by atoms with Crippen molar-refractivity contribution in [2.75, 3.05) is 28.6 Å². The van der Waals surface area contributed by atoms with E-state index in [1.54, 1.807) is 0 Å². The first-order valence-corrected chi connectivity index (χ1v) is 9.21. The normalized spacial score (nSPS) is 19.2. The quantitative estimate of drug-likeness (QED) is 0.843. The number of hydrogen-bond donors (Lipinski definition) is 2. The largest absolute Gasteiger partial charge is 0.372 e. The molecule has 0 saturated carbocycles. The van der Waals surface area contributed by atoms with Crippen LogP contribution in [0.5, 0.6) is 0 Å². The molecule has 2 aromatic rings. The van der Waals surface area contributed by atoms with Crippen molar-refractivity contribution in [1.82, 2.24) is 0 Å². The molecule has 2 amide bonds. The molecule has 0 aliphatic carbocycles. The summed E-state index contributed by atoms with van der Waals surface area (Å²) >= 11 is 0. The lowest BCUT2D eigenvalue weighted by molar-refractivity contribution is -0.114. The smallest absolute Gasteiger partial charge is 0.255 e. The summed E-state index contributed by atoms with van der Waals surface area (Å²) in [5.74, 6) is -1.38. The summed E-state index contributed by atoms with van der Waals surface area (Å²) in [5.41, 5.74) is 1.80. The Morgan fingerprint density at radius 2 is 1.71 bits per heavy atom. The predicted octanol–water partition coefficient (Wildman–Crippen LogP) is 3.65. The third-order valence-corrected chi connectivity index (χ3v) is 4.45. The minimum Gasteiger partial charge on any atom is -0.372 e. The molecule has 0 aromatic heterocycles. The fourth-order valence-corrected chi connectivity index (χ4v) is 3.38. The van der Waals surface area contributed by atoms with E-state index in [4.69, 9.17) is 4.74 Å². The van der Waals surface area contributed by atoms with Crippen LogP contribution in [0.4, 0.5) is 21.5 Å². The number of halogens is 1. The molecule has 0 unspecified atom stereocenters. The predicted molar refractivity (Wildman–Crippen MR) is 107 cm³/mol. The van der Waals surface area contributed by atoms with Crippen molar-refractivity contribution in [2.45, 2.75) is 33.0 Å². The summed E-state index contributed by atoms with van der Waals surface area (Å²) in [5, 5.41) is 5.29. The van der Waals surface area contributed by atoms with Crippen molar-refractivity contribution in [3.8, 4) is 0 Å². The van der Waals surface area contributed by atoms with Crippen LogP contribution in [0.15, 0.2) is 42.5 Å². The summed E-state index contributed by atoms with van der Waals surface area (Å²) < 4.78 is 19.6. The van der Waals surface area contributed by atoms with Gasteiger partial charge in [-0.2, -0.15) is 0 Å². The number of anilines is 3. The number of para-hydroxylation sites is 2. The highest BCUT2D eigenvalue weighted by molar-refractivity contribution is 6.06. The highest BCUT2D eigenvalue weighted by Crippen LogP contribution is 2.29. The Morgan fingerprint density at radius 1 is 1.04 bits per heavy atom. The standard InChI is InChI=1S/C21H24FN3O3/c1-13-11-25(12-14(2)28-13)20-7-5-4-6-18(20)24-21(27)16-8-9-17(22)19(10-16)23-15(3)26/h4-10,13-14H,11-12H2,1-3H3,(H,23,26)(H,24,27)/t13-,14-/m0/s1. The first-order chi connectivity index (χ1) is 13.3. The number of hydrogen-bond acceptors (Lipinski definition) is 4. The Bertz CT molecular complexity index is 877. The summed E-state index contributed by atoms with van der Waals surface area (Å²) in [6, 6.07) is 11.4. The van der Waals surface area contributed by atoms with E-state index in [2.05, 4.69) is 15.5 Å². The van der Waals surface area contributed by atoms with E-state index in [1.165, 1.54) is 19.1 Å². The molecule has 2 N–H and O–H groups in total. The Balaban J connectivity index is 1.83. The zero-order valence-corrected chi connectivity index (χ0v) is 16.2. The van der Waals surface area contributed by atoms with Gasteiger partial charge in [-0.25, -0.2) is 4.39 Å². The first kappa shape index (κ1) is 19.8. The van der Waals surface area contributed by atoms with Gasteiger partial charge in [0, 0.05) is 25.6 Å². The van der Waals surface area contributed by atoms with Gasteiger partial charge in [-0.3, -0.25) is 9.59 Å². The zero-order chi connectivity index (χ0) is 20.3. The van der Waals surface area contributed by atoms with Crippen LogP contribution < -0.4 is 15.5 Å². The van der Waals surface area contributed by atoms with Crippen LogP contribution in [0.3, 0.4) is 0 Å². The summed E-state index contributed by atoms with van der Waals surface area (Å²) in [4.78, 5) is 26.1. The maximum absolute atomic E-state index is 13.8. The van der Waals surface area contributed by atoms with E-state index in [1.807, 2.05) is 38.1 Å². The number of benzene rings is 2. The van der Waals surface area contributed by atoms with E-state index >= 15 is 0 Å². The number of nitrogens with one attached hydrogen (secondary N) is 2. The van der Waals surface area contributed by atoms with E-state index in [9.17, 15) is 14.0 Å². The molecule has 1 heterocycles. The lowest BCUT2D eigenvalue weighted by Crippen LogP contribution is -2.45. The van der Waals surface area contributed by atoms with Gasteiger partial charge in [0.05, 0.1) is 29.3 Å². The molecule has 28 heavy (non-hydrogen) atoms. The number of carbonyl (C=O) groups is 2. The third-order valence-electron chi connectivity index (χ3n) is 4.45. The molecule has 6 nitrogen and oxygen atoms in total. The fourth-order valence-electron chi connectivity index (χ4n) is 3.38. The topological polar surface area (TPSA) is 70.7 Å². The highest BCUT2D eigenvalue weighted by Gasteiger charge is 2.24. The van der Waals surface area contributed by atoms with Gasteiger partial charge in [0.2, 0.25) is 5.91 Å². The lowest BCUT2D eigenvalue weighted by atomic mass is 10.1. The number of carbonyl (C=O) groups excluding carboxylic acids is 2. The Hall–Kier alpha value is -2.93. The average Bonchev–Trinajstić information content (AvgIpc) is 2.62. The van der Waals surface area contributed by atoms with Gasteiger partial charge in [0.25, 0.3) is 5.91 Å². The molecule has 0 radical (unpaired) electrons. The lowest BCUT2D eigenvalue weighted by Gasteiger charge is -2.37. The van der Waals surface area contributed by atoms with Crippen molar-refractivity contribution in [3.63, 3.8) is 0 Å². The number of ether oxygens (including phenoxy) is 1. The molecule has 2 atom stereocenters. The number of morpholine rings is 1. The van der Waals surface area contributed by atoms with Crippen LogP contribution in [0.1, 0.15) is 31.1 Å². The first-order valence-electron chi connectivity index (χ1n) is 9.21. The maximum atomic E-state index is 13.8. The van der Waals surface area contributed by atoms with Crippen LogP contribution in [0, 0.1) is 5.82 Å². The molecule has 148 valence electrons. The molecule has 2 aromatic carbocycles.